The molecule has 2 heteroatoms. The van der Waals surface area contributed by atoms with Crippen LogP contribution in [0.5, 0.6) is 0 Å². The fourth-order valence-corrected chi connectivity index (χ4v) is 3.11. The summed E-state index contributed by atoms with van der Waals surface area (Å²) in [4.78, 5) is 4.20. The fraction of sp³-hybridized carbons (Fsp3) is 0.421. The molecule has 1 unspecified atom stereocenters. The van der Waals surface area contributed by atoms with Gasteiger partial charge in [-0.1, -0.05) is 36.8 Å². The van der Waals surface area contributed by atoms with E-state index in [2.05, 4.69) is 47.7 Å². The summed E-state index contributed by atoms with van der Waals surface area (Å²) in [5.74, 6) is 0.806. The third kappa shape index (κ3) is 3.51. The maximum atomic E-state index is 4.20. The highest BCUT2D eigenvalue weighted by molar-refractivity contribution is 5.30. The Labute approximate surface area is 127 Å². The molecule has 1 aromatic carbocycles. The molecule has 1 saturated carbocycles. The summed E-state index contributed by atoms with van der Waals surface area (Å²) >= 11 is 0. The molecular formula is C19H24N2. The first-order valence-corrected chi connectivity index (χ1v) is 8.03. The normalized spacial score (nSPS) is 16.4. The molecule has 1 aromatic heterocycles. The van der Waals surface area contributed by atoms with Crippen LogP contribution in [-0.4, -0.2) is 12.0 Å². The van der Waals surface area contributed by atoms with Gasteiger partial charge in [0.2, 0.25) is 0 Å². The number of pyridine rings is 1. The molecule has 2 aromatic rings. The molecule has 21 heavy (non-hydrogen) atoms. The number of benzene rings is 1. The first kappa shape index (κ1) is 14.3. The van der Waals surface area contributed by atoms with Gasteiger partial charge in [0.15, 0.2) is 0 Å². The van der Waals surface area contributed by atoms with Crippen LogP contribution < -0.4 is 5.32 Å². The van der Waals surface area contributed by atoms with Crippen LogP contribution in [0, 0.1) is 0 Å². The van der Waals surface area contributed by atoms with Crippen molar-refractivity contribution in [1.82, 2.24) is 10.3 Å². The minimum absolute atomic E-state index is 0.422. The average molecular weight is 280 g/mol. The quantitative estimate of drug-likeness (QED) is 0.856. The number of nitrogens with one attached hydrogen (secondary N) is 1. The second-order valence-corrected chi connectivity index (χ2v) is 6.04. The van der Waals surface area contributed by atoms with Crippen molar-refractivity contribution in [3.63, 3.8) is 0 Å². The van der Waals surface area contributed by atoms with Crippen LogP contribution in [0.4, 0.5) is 0 Å². The molecule has 1 fully saturated rings. The van der Waals surface area contributed by atoms with Crippen molar-refractivity contribution in [3.8, 4) is 0 Å². The molecule has 1 aliphatic carbocycles. The Balaban J connectivity index is 1.67. The van der Waals surface area contributed by atoms with Crippen LogP contribution >= 0.6 is 0 Å². The lowest BCUT2D eigenvalue weighted by atomic mass is 9.79. The van der Waals surface area contributed by atoms with Crippen molar-refractivity contribution in [1.29, 1.82) is 0 Å². The molecule has 1 atom stereocenters. The molecule has 1 heterocycles. The number of rotatable bonds is 6. The molecule has 1 N–H and O–H groups in total. The predicted octanol–water partition coefficient (Wildman–Crippen LogP) is 4.24. The number of hydrogen-bond acceptors (Lipinski definition) is 2. The molecule has 0 radical (unpaired) electrons. The second-order valence-electron chi connectivity index (χ2n) is 6.04. The topological polar surface area (TPSA) is 24.9 Å². The molecule has 3 rings (SSSR count). The van der Waals surface area contributed by atoms with Gasteiger partial charge in [-0.05, 0) is 61.4 Å². The average Bonchev–Trinajstić information content (AvgIpc) is 2.48. The van der Waals surface area contributed by atoms with E-state index in [4.69, 9.17) is 0 Å². The van der Waals surface area contributed by atoms with Gasteiger partial charge in [-0.3, -0.25) is 4.98 Å². The SMILES string of the molecule is CNC(CCc1cccnc1)c1cccc(C2CCC2)c1. The van der Waals surface area contributed by atoms with Crippen LogP contribution in [0.25, 0.3) is 0 Å². The maximum Gasteiger partial charge on any atom is 0.0320 e. The summed E-state index contributed by atoms with van der Waals surface area (Å²) in [5.41, 5.74) is 4.26. The lowest BCUT2D eigenvalue weighted by Gasteiger charge is -2.27. The highest BCUT2D eigenvalue weighted by Crippen LogP contribution is 2.37. The summed E-state index contributed by atoms with van der Waals surface area (Å²) in [7, 11) is 2.06. The Morgan fingerprint density at radius 2 is 2.14 bits per heavy atom. The van der Waals surface area contributed by atoms with Gasteiger partial charge in [0.05, 0.1) is 0 Å². The molecule has 110 valence electrons. The number of aryl methyl sites for hydroxylation is 1. The first-order valence-electron chi connectivity index (χ1n) is 8.03. The molecule has 0 amide bonds. The smallest absolute Gasteiger partial charge is 0.0320 e. The predicted molar refractivity (Wildman–Crippen MR) is 87.4 cm³/mol. The third-order valence-electron chi connectivity index (χ3n) is 4.68. The Hall–Kier alpha value is -1.67. The van der Waals surface area contributed by atoms with Crippen LogP contribution in [0.15, 0.2) is 48.8 Å². The van der Waals surface area contributed by atoms with Gasteiger partial charge in [-0.2, -0.15) is 0 Å². The molecule has 0 spiro atoms. The first-order chi connectivity index (χ1) is 10.4. The van der Waals surface area contributed by atoms with Gasteiger partial charge in [-0.25, -0.2) is 0 Å². The van der Waals surface area contributed by atoms with E-state index in [1.54, 1.807) is 0 Å². The van der Waals surface area contributed by atoms with Crippen LogP contribution in [-0.2, 0) is 6.42 Å². The number of aromatic nitrogens is 1. The largest absolute Gasteiger partial charge is 0.313 e. The number of hydrogen-bond donors (Lipinski definition) is 1. The Bertz CT molecular complexity index is 561. The van der Waals surface area contributed by atoms with Crippen LogP contribution in [0.3, 0.4) is 0 Å². The number of nitrogens with zero attached hydrogens (tertiary/aromatic N) is 1. The lowest BCUT2D eigenvalue weighted by molar-refractivity contribution is 0.419. The molecule has 0 aliphatic heterocycles. The fourth-order valence-electron chi connectivity index (χ4n) is 3.11. The van der Waals surface area contributed by atoms with E-state index < -0.39 is 0 Å². The van der Waals surface area contributed by atoms with Gasteiger partial charge in [0.1, 0.15) is 0 Å². The van der Waals surface area contributed by atoms with E-state index in [-0.39, 0.29) is 0 Å². The van der Waals surface area contributed by atoms with E-state index in [0.29, 0.717) is 6.04 Å². The molecule has 2 nitrogen and oxygen atoms in total. The Morgan fingerprint density at radius 3 is 2.81 bits per heavy atom. The van der Waals surface area contributed by atoms with E-state index in [9.17, 15) is 0 Å². The summed E-state index contributed by atoms with van der Waals surface area (Å²) < 4.78 is 0. The van der Waals surface area contributed by atoms with E-state index in [1.807, 2.05) is 18.5 Å². The Morgan fingerprint density at radius 1 is 1.24 bits per heavy atom. The van der Waals surface area contributed by atoms with Crippen molar-refractivity contribution >= 4 is 0 Å². The van der Waals surface area contributed by atoms with Crippen LogP contribution in [0.1, 0.15) is 54.3 Å². The summed E-state index contributed by atoms with van der Waals surface area (Å²) in [6.07, 6.45) is 10.1. The van der Waals surface area contributed by atoms with Crippen molar-refractivity contribution in [2.24, 2.45) is 0 Å². The van der Waals surface area contributed by atoms with Gasteiger partial charge < -0.3 is 5.32 Å². The second kappa shape index (κ2) is 6.86. The summed E-state index contributed by atoms with van der Waals surface area (Å²) in [5, 5.41) is 3.47. The third-order valence-corrected chi connectivity index (χ3v) is 4.68. The monoisotopic (exact) mass is 280 g/mol. The van der Waals surface area contributed by atoms with Gasteiger partial charge >= 0.3 is 0 Å². The zero-order valence-electron chi connectivity index (χ0n) is 12.8. The van der Waals surface area contributed by atoms with Gasteiger partial charge in [0.25, 0.3) is 0 Å². The van der Waals surface area contributed by atoms with Gasteiger partial charge in [0, 0.05) is 18.4 Å². The van der Waals surface area contributed by atoms with Crippen molar-refractivity contribution in [2.45, 2.75) is 44.1 Å². The zero-order chi connectivity index (χ0) is 14.5. The zero-order valence-corrected chi connectivity index (χ0v) is 12.8. The standard InChI is InChI=1S/C19H24N2/c1-20-19(11-10-15-5-4-12-21-14-15)18-9-3-8-17(13-18)16-6-2-7-16/h3-5,8-9,12-14,16,19-20H,2,6-7,10-11H2,1H3. The highest BCUT2D eigenvalue weighted by atomic mass is 14.9. The maximum absolute atomic E-state index is 4.20. The molecule has 0 bridgehead atoms. The minimum atomic E-state index is 0.422. The molecular weight excluding hydrogens is 256 g/mol. The molecule has 0 saturated heterocycles. The van der Waals surface area contributed by atoms with Gasteiger partial charge in [-0.15, -0.1) is 0 Å². The van der Waals surface area contributed by atoms with Crippen molar-refractivity contribution in [2.75, 3.05) is 7.05 Å². The summed E-state index contributed by atoms with van der Waals surface area (Å²) in [6, 6.07) is 13.8. The van der Waals surface area contributed by atoms with Crippen LogP contribution in [0.2, 0.25) is 0 Å². The Kier molecular flexibility index (Phi) is 4.66. The van der Waals surface area contributed by atoms with Crippen molar-refractivity contribution < 1.29 is 0 Å². The highest BCUT2D eigenvalue weighted by Gasteiger charge is 2.20. The molecule has 1 aliphatic rings. The van der Waals surface area contributed by atoms with E-state index >= 15 is 0 Å². The summed E-state index contributed by atoms with van der Waals surface area (Å²) in [6.45, 7) is 0. The van der Waals surface area contributed by atoms with E-state index in [1.165, 1.54) is 36.0 Å². The minimum Gasteiger partial charge on any atom is -0.313 e. The van der Waals surface area contributed by atoms with E-state index in [0.717, 1.165) is 18.8 Å². The lowest BCUT2D eigenvalue weighted by Crippen LogP contribution is -2.18. The van der Waals surface area contributed by atoms with Crippen molar-refractivity contribution in [3.05, 3.63) is 65.5 Å².